The fourth-order valence-corrected chi connectivity index (χ4v) is 6.30. The highest BCUT2D eigenvalue weighted by Gasteiger charge is 2.40. The minimum Gasteiger partial charge on any atom is -0.457 e. The van der Waals surface area contributed by atoms with Gasteiger partial charge in [-0.15, -0.1) is 10.2 Å². The Morgan fingerprint density at radius 3 is 2.46 bits per heavy atom. The number of rotatable bonds is 6. The Morgan fingerprint density at radius 2 is 1.80 bits per heavy atom. The average molecular weight is 534 g/mol. The summed E-state index contributed by atoms with van der Waals surface area (Å²) in [5.74, 6) is 3.47. The van der Waals surface area contributed by atoms with Gasteiger partial charge >= 0.3 is 0 Å². The van der Waals surface area contributed by atoms with Crippen LogP contribution in [0.3, 0.4) is 0 Å². The van der Waals surface area contributed by atoms with E-state index in [9.17, 15) is 4.39 Å². The zero-order chi connectivity index (χ0) is 25.4. The van der Waals surface area contributed by atoms with E-state index in [0.717, 1.165) is 35.9 Å². The molecule has 2 heterocycles. The predicted octanol–water partition coefficient (Wildman–Crippen LogP) is 7.60. The third-order valence-corrected chi connectivity index (χ3v) is 13.0. The maximum atomic E-state index is 13.2. The van der Waals surface area contributed by atoms with Crippen LogP contribution in [0.1, 0.15) is 33.5 Å². The molecule has 0 aliphatic carbocycles. The van der Waals surface area contributed by atoms with Crippen molar-refractivity contribution < 1.29 is 13.6 Å². The van der Waals surface area contributed by atoms with Crippen molar-refractivity contribution in [3.8, 4) is 22.9 Å². The maximum Gasteiger partial charge on any atom is 0.192 e. The number of hydrogen-bond donors (Lipinski definition) is 0. The SMILES string of the molecule is CC1(CO[Si](C)(C)C(C)(C)C)Cc2nnc(-c3ccc(Oc4ccc(F)cc4)cc3Cl)n2CCS1. The Hall–Kier alpha value is -1.87. The van der Waals surface area contributed by atoms with E-state index in [1.54, 1.807) is 18.2 Å². The number of halogens is 2. The van der Waals surface area contributed by atoms with E-state index in [2.05, 4.69) is 55.6 Å². The van der Waals surface area contributed by atoms with Crippen LogP contribution in [-0.2, 0) is 17.4 Å². The number of hydrogen-bond acceptors (Lipinski definition) is 5. The Morgan fingerprint density at radius 1 is 1.11 bits per heavy atom. The van der Waals surface area contributed by atoms with E-state index >= 15 is 0 Å². The normalized spacial score (nSPS) is 18.7. The average Bonchev–Trinajstić information content (AvgIpc) is 3.06. The Balaban J connectivity index is 1.52. The summed E-state index contributed by atoms with van der Waals surface area (Å²) in [6, 6.07) is 11.4. The molecule has 1 atom stereocenters. The van der Waals surface area contributed by atoms with Gasteiger partial charge in [-0.1, -0.05) is 32.4 Å². The van der Waals surface area contributed by atoms with Crippen LogP contribution in [0.15, 0.2) is 42.5 Å². The quantitative estimate of drug-likeness (QED) is 0.305. The largest absolute Gasteiger partial charge is 0.457 e. The van der Waals surface area contributed by atoms with Crippen LogP contribution in [-0.4, -0.2) is 40.2 Å². The molecule has 0 bridgehead atoms. The van der Waals surface area contributed by atoms with Gasteiger partial charge in [-0.25, -0.2) is 4.39 Å². The van der Waals surface area contributed by atoms with Gasteiger partial charge in [-0.3, -0.25) is 0 Å². The van der Waals surface area contributed by atoms with Gasteiger partial charge in [0.1, 0.15) is 23.1 Å². The third kappa shape index (κ3) is 5.93. The first-order valence-electron chi connectivity index (χ1n) is 11.8. The molecule has 0 saturated carbocycles. The smallest absolute Gasteiger partial charge is 0.192 e. The highest BCUT2D eigenvalue weighted by atomic mass is 35.5. The zero-order valence-electron chi connectivity index (χ0n) is 21.2. The Bertz CT molecular complexity index is 1200. The van der Waals surface area contributed by atoms with Gasteiger partial charge in [-0.05, 0) is 61.5 Å². The Kier molecular flexibility index (Phi) is 7.40. The lowest BCUT2D eigenvalue weighted by atomic mass is 10.1. The van der Waals surface area contributed by atoms with Gasteiger partial charge in [0, 0.05) is 41.7 Å². The number of ether oxygens (including phenoxy) is 1. The summed E-state index contributed by atoms with van der Waals surface area (Å²) in [6.07, 6.45) is 0.780. The van der Waals surface area contributed by atoms with Crippen LogP contribution in [0, 0.1) is 5.82 Å². The first-order chi connectivity index (χ1) is 16.4. The van der Waals surface area contributed by atoms with E-state index in [4.69, 9.17) is 20.8 Å². The summed E-state index contributed by atoms with van der Waals surface area (Å²) in [4.78, 5) is 0. The number of aromatic nitrogens is 3. The molecule has 0 fully saturated rings. The topological polar surface area (TPSA) is 49.2 Å². The Labute approximate surface area is 217 Å². The van der Waals surface area contributed by atoms with E-state index in [1.807, 2.05) is 23.9 Å². The second kappa shape index (κ2) is 9.88. The molecule has 0 saturated heterocycles. The van der Waals surface area contributed by atoms with Crippen molar-refractivity contribution in [1.29, 1.82) is 0 Å². The lowest BCUT2D eigenvalue weighted by Crippen LogP contribution is -2.45. The molecule has 9 heteroatoms. The standard InChI is InChI=1S/C26H33ClFN3O2SSi/c1-25(2,3)35(5,6)32-17-26(4)16-23-29-30-24(31(23)13-14-34-26)21-12-11-20(15-22(21)27)33-19-9-7-18(28)8-10-19/h7-12,15H,13-14,16-17H2,1-6H3. The number of thioether (sulfide) groups is 1. The molecule has 0 radical (unpaired) electrons. The molecule has 4 rings (SSSR count). The van der Waals surface area contributed by atoms with Crippen molar-refractivity contribution in [3.05, 3.63) is 59.1 Å². The van der Waals surface area contributed by atoms with E-state index < -0.39 is 8.32 Å². The molecule has 0 N–H and O–H groups in total. The van der Waals surface area contributed by atoms with Crippen molar-refractivity contribution >= 4 is 31.7 Å². The van der Waals surface area contributed by atoms with Crippen molar-refractivity contribution in [2.45, 2.75) is 63.5 Å². The molecule has 1 aliphatic heterocycles. The molecule has 0 spiro atoms. The molecule has 1 aromatic heterocycles. The molecule has 2 aromatic carbocycles. The zero-order valence-corrected chi connectivity index (χ0v) is 23.8. The summed E-state index contributed by atoms with van der Waals surface area (Å²) < 4.78 is 27.7. The number of nitrogens with zero attached hydrogens (tertiary/aromatic N) is 3. The maximum absolute atomic E-state index is 13.2. The first kappa shape index (κ1) is 26.2. The summed E-state index contributed by atoms with van der Waals surface area (Å²) in [6.45, 7) is 15.2. The van der Waals surface area contributed by atoms with Crippen molar-refractivity contribution in [3.63, 3.8) is 0 Å². The molecule has 188 valence electrons. The van der Waals surface area contributed by atoms with E-state index in [-0.39, 0.29) is 15.6 Å². The lowest BCUT2D eigenvalue weighted by Gasteiger charge is -2.39. The van der Waals surface area contributed by atoms with Crippen LogP contribution >= 0.6 is 23.4 Å². The molecule has 35 heavy (non-hydrogen) atoms. The number of fused-ring (bicyclic) bond motifs is 1. The fourth-order valence-electron chi connectivity index (χ4n) is 3.69. The van der Waals surface area contributed by atoms with Gasteiger partial charge in [0.05, 0.1) is 5.02 Å². The second-order valence-corrected chi connectivity index (χ2v) is 17.7. The summed E-state index contributed by atoms with van der Waals surface area (Å²) in [7, 11) is -1.84. The summed E-state index contributed by atoms with van der Waals surface area (Å²) in [5, 5.41) is 9.77. The van der Waals surface area contributed by atoms with Crippen LogP contribution in [0.25, 0.3) is 11.4 Å². The molecule has 5 nitrogen and oxygen atoms in total. The van der Waals surface area contributed by atoms with E-state index in [0.29, 0.717) is 23.1 Å². The molecule has 1 unspecified atom stereocenters. The minimum atomic E-state index is -1.84. The predicted molar refractivity (Wildman–Crippen MR) is 145 cm³/mol. The molecule has 3 aromatic rings. The van der Waals surface area contributed by atoms with Gasteiger partial charge < -0.3 is 13.7 Å². The van der Waals surface area contributed by atoms with Crippen molar-refractivity contribution in [2.75, 3.05) is 12.4 Å². The van der Waals surface area contributed by atoms with Crippen LogP contribution in [0.2, 0.25) is 23.2 Å². The highest BCUT2D eigenvalue weighted by molar-refractivity contribution is 8.00. The van der Waals surface area contributed by atoms with Crippen LogP contribution in [0.5, 0.6) is 11.5 Å². The fraction of sp³-hybridized carbons (Fsp3) is 0.462. The van der Waals surface area contributed by atoms with Gasteiger partial charge in [-0.2, -0.15) is 11.8 Å². The second-order valence-electron chi connectivity index (χ2n) is 10.8. The number of benzene rings is 2. The van der Waals surface area contributed by atoms with Crippen LogP contribution < -0.4 is 4.74 Å². The lowest BCUT2D eigenvalue weighted by molar-refractivity contribution is 0.252. The molecular formula is C26H33ClFN3O2SSi. The van der Waals surface area contributed by atoms with Gasteiger partial charge in [0.2, 0.25) is 0 Å². The van der Waals surface area contributed by atoms with Crippen molar-refractivity contribution in [1.82, 2.24) is 14.8 Å². The van der Waals surface area contributed by atoms with Crippen LogP contribution in [0.4, 0.5) is 4.39 Å². The van der Waals surface area contributed by atoms with Crippen molar-refractivity contribution in [2.24, 2.45) is 0 Å². The van der Waals surface area contributed by atoms with Gasteiger partial charge in [0.25, 0.3) is 0 Å². The first-order valence-corrected chi connectivity index (χ1v) is 16.1. The molecular weight excluding hydrogens is 501 g/mol. The third-order valence-electron chi connectivity index (χ3n) is 6.90. The minimum absolute atomic E-state index is 0.0648. The monoisotopic (exact) mass is 533 g/mol. The van der Waals surface area contributed by atoms with Gasteiger partial charge in [0.15, 0.2) is 14.1 Å². The molecule has 1 aliphatic rings. The summed E-state index contributed by atoms with van der Waals surface area (Å²) >= 11 is 8.59. The molecule has 0 amide bonds. The summed E-state index contributed by atoms with van der Waals surface area (Å²) in [5.41, 5.74) is 0.808. The van der Waals surface area contributed by atoms with E-state index in [1.165, 1.54) is 12.1 Å². The highest BCUT2D eigenvalue weighted by Crippen LogP contribution is 2.40.